The average Bonchev–Trinajstić information content (AvgIpc) is 3.22. The third-order valence-corrected chi connectivity index (χ3v) is 11.8. The molecule has 54 heavy (non-hydrogen) atoms. The zero-order chi connectivity index (χ0) is 35.3. The molecule has 0 aromatic heterocycles. The van der Waals surface area contributed by atoms with Gasteiger partial charge in [-0.05, 0) is 168 Å². The van der Waals surface area contributed by atoms with E-state index in [1.54, 1.807) is 0 Å². The Kier molecular flexibility index (Phi) is 6.15. The lowest BCUT2D eigenvalue weighted by Gasteiger charge is -2.23. The molecule has 12 aromatic rings. The lowest BCUT2D eigenvalue weighted by molar-refractivity contribution is 1.72. The van der Waals surface area contributed by atoms with Crippen LogP contribution in [0.5, 0.6) is 0 Å². The normalized spacial score (nSPS) is 12.1. The summed E-state index contributed by atoms with van der Waals surface area (Å²) < 4.78 is 0. The first-order chi connectivity index (χ1) is 26.8. The van der Waals surface area contributed by atoms with Crippen LogP contribution in [-0.2, 0) is 0 Å². The second-order valence-corrected chi connectivity index (χ2v) is 14.8. The second kappa shape index (κ2) is 11.2. The van der Waals surface area contributed by atoms with Gasteiger partial charge in [-0.2, -0.15) is 0 Å². The molecular formula is C54H32. The standard InChI is InChI=1S/C54H32/c1-3-15-35-29-47-41(25-33(35)13-1)27-39-19-7-9-21-43(39)51(47)53-45-23-11-12-24-46(45)54(50-32-38-18-6-5-17-37(38)31-49(50)53)52-44-22-10-8-20-40(44)28-42-26-34-14-2-4-16-36(34)30-48(42)52/h1-32H. The van der Waals surface area contributed by atoms with Crippen LogP contribution in [0.2, 0.25) is 0 Å². The van der Waals surface area contributed by atoms with E-state index in [1.807, 2.05) is 0 Å². The molecule has 0 spiro atoms. The van der Waals surface area contributed by atoms with Gasteiger partial charge in [0.05, 0.1) is 0 Å². The quantitative estimate of drug-likeness (QED) is 0.159. The molecule has 0 radical (unpaired) electrons. The van der Waals surface area contributed by atoms with Gasteiger partial charge in [0.2, 0.25) is 0 Å². The molecule has 0 fully saturated rings. The number of fused-ring (bicyclic) bond motifs is 9. The molecule has 0 heteroatoms. The van der Waals surface area contributed by atoms with E-state index in [2.05, 4.69) is 194 Å². The van der Waals surface area contributed by atoms with Crippen molar-refractivity contribution in [2.75, 3.05) is 0 Å². The van der Waals surface area contributed by atoms with Crippen LogP contribution < -0.4 is 0 Å². The predicted octanol–water partition coefficient (Wildman–Crippen LogP) is 15.4. The van der Waals surface area contributed by atoms with Gasteiger partial charge in [0.25, 0.3) is 0 Å². The van der Waals surface area contributed by atoms with Crippen LogP contribution >= 0.6 is 0 Å². The largest absolute Gasteiger partial charge is 0.0616 e. The Morgan fingerprint density at radius 2 is 0.389 bits per heavy atom. The van der Waals surface area contributed by atoms with Gasteiger partial charge in [-0.25, -0.2) is 0 Å². The van der Waals surface area contributed by atoms with E-state index in [9.17, 15) is 0 Å². The highest BCUT2D eigenvalue weighted by molar-refractivity contribution is 6.32. The molecule has 0 unspecified atom stereocenters. The van der Waals surface area contributed by atoms with Crippen molar-refractivity contribution in [3.63, 3.8) is 0 Å². The van der Waals surface area contributed by atoms with Crippen LogP contribution in [0.1, 0.15) is 0 Å². The molecule has 0 atom stereocenters. The molecule has 0 saturated heterocycles. The Hall–Kier alpha value is -7.02. The third kappa shape index (κ3) is 4.26. The van der Waals surface area contributed by atoms with Crippen molar-refractivity contribution in [3.8, 4) is 22.3 Å². The number of rotatable bonds is 2. The molecule has 248 valence electrons. The number of benzene rings is 12. The van der Waals surface area contributed by atoms with Crippen LogP contribution in [-0.4, -0.2) is 0 Å². The number of hydrogen-bond acceptors (Lipinski definition) is 0. The summed E-state index contributed by atoms with van der Waals surface area (Å²) in [5, 5.41) is 22.7. The molecular weight excluding hydrogens is 649 g/mol. The minimum Gasteiger partial charge on any atom is -0.0616 e. The summed E-state index contributed by atoms with van der Waals surface area (Å²) in [5.41, 5.74) is 5.18. The van der Waals surface area contributed by atoms with Crippen molar-refractivity contribution in [2.45, 2.75) is 0 Å². The maximum absolute atomic E-state index is 2.47. The molecule has 0 aliphatic rings. The van der Waals surface area contributed by atoms with Crippen molar-refractivity contribution >= 4 is 97.0 Å². The Morgan fingerprint density at radius 3 is 0.759 bits per heavy atom. The van der Waals surface area contributed by atoms with Crippen LogP contribution in [0, 0.1) is 0 Å². The highest BCUT2D eigenvalue weighted by Crippen LogP contribution is 2.51. The molecule has 0 nitrogen and oxygen atoms in total. The first-order valence-corrected chi connectivity index (χ1v) is 18.8. The SMILES string of the molecule is c1ccc2cc3c(-c4c5ccccc5c(-c5c6ccccc6cc6cc7ccccc7cc56)c5cc6ccccc6cc45)c4ccccc4cc3cc2c1. The van der Waals surface area contributed by atoms with E-state index < -0.39 is 0 Å². The first kappa shape index (κ1) is 29.5. The minimum atomic E-state index is 1.25. The maximum Gasteiger partial charge on any atom is -0.00137 e. The summed E-state index contributed by atoms with van der Waals surface area (Å²) in [6.07, 6.45) is 0. The van der Waals surface area contributed by atoms with Gasteiger partial charge >= 0.3 is 0 Å². The van der Waals surface area contributed by atoms with Crippen LogP contribution in [0.15, 0.2) is 194 Å². The smallest absolute Gasteiger partial charge is 0.00137 e. The summed E-state index contributed by atoms with van der Waals surface area (Å²) in [6, 6.07) is 72.7. The van der Waals surface area contributed by atoms with Gasteiger partial charge in [-0.1, -0.05) is 146 Å². The van der Waals surface area contributed by atoms with Gasteiger partial charge in [-0.3, -0.25) is 0 Å². The van der Waals surface area contributed by atoms with Crippen molar-refractivity contribution < 1.29 is 0 Å². The zero-order valence-corrected chi connectivity index (χ0v) is 29.5. The highest BCUT2D eigenvalue weighted by Gasteiger charge is 2.23. The van der Waals surface area contributed by atoms with Crippen molar-refractivity contribution in [2.24, 2.45) is 0 Å². The number of hydrogen-bond donors (Lipinski definition) is 0. The Labute approximate surface area is 312 Å². The van der Waals surface area contributed by atoms with Gasteiger partial charge in [-0.15, -0.1) is 0 Å². The molecule has 0 aliphatic heterocycles. The molecule has 0 amide bonds. The lowest BCUT2D eigenvalue weighted by atomic mass is 9.80. The molecule has 0 saturated carbocycles. The van der Waals surface area contributed by atoms with Gasteiger partial charge < -0.3 is 0 Å². The van der Waals surface area contributed by atoms with Crippen molar-refractivity contribution in [1.82, 2.24) is 0 Å². The van der Waals surface area contributed by atoms with Crippen LogP contribution in [0.25, 0.3) is 119 Å². The fourth-order valence-corrected chi connectivity index (χ4v) is 9.45. The maximum atomic E-state index is 2.47. The van der Waals surface area contributed by atoms with E-state index in [0.29, 0.717) is 0 Å². The highest BCUT2D eigenvalue weighted by atomic mass is 14.3. The zero-order valence-electron chi connectivity index (χ0n) is 29.5. The molecule has 0 N–H and O–H groups in total. The summed E-state index contributed by atoms with van der Waals surface area (Å²) in [7, 11) is 0. The van der Waals surface area contributed by atoms with E-state index >= 15 is 0 Å². The van der Waals surface area contributed by atoms with Crippen LogP contribution in [0.3, 0.4) is 0 Å². The van der Waals surface area contributed by atoms with E-state index in [-0.39, 0.29) is 0 Å². The Morgan fingerprint density at radius 1 is 0.148 bits per heavy atom. The Balaban J connectivity index is 1.35. The third-order valence-electron chi connectivity index (χ3n) is 11.8. The molecule has 0 aliphatic carbocycles. The van der Waals surface area contributed by atoms with Crippen molar-refractivity contribution in [3.05, 3.63) is 194 Å². The van der Waals surface area contributed by atoms with Crippen LogP contribution in [0.4, 0.5) is 0 Å². The summed E-state index contributed by atoms with van der Waals surface area (Å²) in [4.78, 5) is 0. The summed E-state index contributed by atoms with van der Waals surface area (Å²) >= 11 is 0. The molecule has 0 heterocycles. The fourth-order valence-electron chi connectivity index (χ4n) is 9.45. The molecule has 0 bridgehead atoms. The summed E-state index contributed by atoms with van der Waals surface area (Å²) in [6.45, 7) is 0. The van der Waals surface area contributed by atoms with Gasteiger partial charge in [0.15, 0.2) is 0 Å². The van der Waals surface area contributed by atoms with Gasteiger partial charge in [0.1, 0.15) is 0 Å². The Bertz CT molecular complexity index is 3300. The van der Waals surface area contributed by atoms with Gasteiger partial charge in [0, 0.05) is 0 Å². The van der Waals surface area contributed by atoms with E-state index in [0.717, 1.165) is 0 Å². The lowest BCUT2D eigenvalue weighted by Crippen LogP contribution is -1.95. The second-order valence-electron chi connectivity index (χ2n) is 14.8. The van der Waals surface area contributed by atoms with E-state index in [4.69, 9.17) is 0 Å². The summed E-state index contributed by atoms with van der Waals surface area (Å²) in [5.74, 6) is 0. The first-order valence-electron chi connectivity index (χ1n) is 18.8. The fraction of sp³-hybridized carbons (Fsp3) is 0. The predicted molar refractivity (Wildman–Crippen MR) is 235 cm³/mol. The molecule has 12 aromatic carbocycles. The minimum absolute atomic E-state index is 1.25. The average molecular weight is 681 g/mol. The molecule has 12 rings (SSSR count). The topological polar surface area (TPSA) is 0 Å². The van der Waals surface area contributed by atoms with Crippen molar-refractivity contribution in [1.29, 1.82) is 0 Å². The monoisotopic (exact) mass is 680 g/mol. The van der Waals surface area contributed by atoms with E-state index in [1.165, 1.54) is 119 Å².